The molecule has 1 atom stereocenters. The van der Waals surface area contributed by atoms with Crippen LogP contribution in [0.25, 0.3) is 0 Å². The van der Waals surface area contributed by atoms with Crippen LogP contribution in [0.2, 0.25) is 0 Å². The van der Waals surface area contributed by atoms with Crippen molar-refractivity contribution in [3.05, 3.63) is 0 Å². The van der Waals surface area contributed by atoms with E-state index in [0.29, 0.717) is 13.0 Å². The monoisotopic (exact) mass is 402 g/mol. The largest absolute Gasteiger partial charge is 0.468 e. The smallest absolute Gasteiger partial charge is 0.325 e. The number of amides is 3. The second kappa shape index (κ2) is 15.4. The number of methoxy groups -OCH3 is 2. The summed E-state index contributed by atoms with van der Waals surface area (Å²) in [5.41, 5.74) is 5.40. The molecule has 3 amide bonds. The zero-order valence-electron chi connectivity index (χ0n) is 16.4. The molecule has 0 aromatic carbocycles. The average molecular weight is 402 g/mol. The van der Waals surface area contributed by atoms with Crippen molar-refractivity contribution in [2.45, 2.75) is 44.6 Å². The first-order valence-corrected chi connectivity index (χ1v) is 9.01. The summed E-state index contributed by atoms with van der Waals surface area (Å²) in [6, 6.07) is -1.00. The van der Waals surface area contributed by atoms with Gasteiger partial charge in [0.25, 0.3) is 0 Å². The Morgan fingerprint density at radius 2 is 1.43 bits per heavy atom. The predicted octanol–water partition coefficient (Wildman–Crippen LogP) is -1.65. The molecule has 0 saturated carbocycles. The molecule has 0 aliphatic rings. The van der Waals surface area contributed by atoms with Gasteiger partial charge in [-0.15, -0.1) is 0 Å². The Hall–Kier alpha value is -2.69. The fourth-order valence-electron chi connectivity index (χ4n) is 2.10. The van der Waals surface area contributed by atoms with E-state index in [2.05, 4.69) is 25.4 Å². The number of hydrogen-bond acceptors (Lipinski definition) is 8. The normalized spacial score (nSPS) is 11.1. The van der Waals surface area contributed by atoms with E-state index in [1.165, 1.54) is 14.2 Å². The van der Waals surface area contributed by atoms with Crippen LogP contribution in [-0.2, 0) is 33.4 Å². The molecule has 11 nitrogen and oxygen atoms in total. The summed E-state index contributed by atoms with van der Waals surface area (Å²) >= 11 is 0. The van der Waals surface area contributed by atoms with Crippen LogP contribution in [0.15, 0.2) is 0 Å². The van der Waals surface area contributed by atoms with Gasteiger partial charge in [0.1, 0.15) is 19.1 Å². The summed E-state index contributed by atoms with van der Waals surface area (Å²) in [7, 11) is 2.37. The van der Waals surface area contributed by atoms with Gasteiger partial charge in [-0.3, -0.25) is 24.0 Å². The highest BCUT2D eigenvalue weighted by molar-refractivity contribution is 5.90. The summed E-state index contributed by atoms with van der Waals surface area (Å²) < 4.78 is 8.85. The van der Waals surface area contributed by atoms with Crippen LogP contribution in [0, 0.1) is 0 Å². The van der Waals surface area contributed by atoms with Crippen molar-refractivity contribution in [3.63, 3.8) is 0 Å². The van der Waals surface area contributed by atoms with Gasteiger partial charge in [0.2, 0.25) is 17.7 Å². The molecule has 1 unspecified atom stereocenters. The van der Waals surface area contributed by atoms with Crippen LogP contribution >= 0.6 is 0 Å². The third kappa shape index (κ3) is 12.6. The Morgan fingerprint density at radius 3 is 2.00 bits per heavy atom. The lowest BCUT2D eigenvalue weighted by Crippen LogP contribution is -2.48. The van der Waals surface area contributed by atoms with Gasteiger partial charge in [-0.25, -0.2) is 0 Å². The molecule has 160 valence electrons. The maximum Gasteiger partial charge on any atom is 0.325 e. The van der Waals surface area contributed by atoms with Crippen LogP contribution in [-0.4, -0.2) is 69.6 Å². The van der Waals surface area contributed by atoms with E-state index in [1.807, 2.05) is 0 Å². The Bertz CT molecular complexity index is 540. The van der Waals surface area contributed by atoms with Crippen molar-refractivity contribution in [1.82, 2.24) is 16.0 Å². The minimum absolute atomic E-state index is 0.00540. The lowest BCUT2D eigenvalue weighted by atomic mass is 10.1. The van der Waals surface area contributed by atoms with Crippen molar-refractivity contribution >= 4 is 29.7 Å². The summed E-state index contributed by atoms with van der Waals surface area (Å²) in [4.78, 5) is 58.3. The highest BCUT2D eigenvalue weighted by atomic mass is 16.5. The molecule has 5 N–H and O–H groups in total. The number of hydrogen-bond donors (Lipinski definition) is 4. The fourth-order valence-corrected chi connectivity index (χ4v) is 2.10. The number of esters is 2. The molecule has 0 fully saturated rings. The lowest BCUT2D eigenvalue weighted by molar-refractivity contribution is -0.141. The molecular weight excluding hydrogens is 372 g/mol. The van der Waals surface area contributed by atoms with Crippen molar-refractivity contribution in [1.29, 1.82) is 0 Å². The molecule has 0 aromatic heterocycles. The first kappa shape index (κ1) is 25.3. The molecule has 0 aliphatic carbocycles. The minimum Gasteiger partial charge on any atom is -0.468 e. The number of ether oxygens (including phenoxy) is 2. The minimum atomic E-state index is -1.00. The van der Waals surface area contributed by atoms with Crippen LogP contribution in [0.3, 0.4) is 0 Å². The Morgan fingerprint density at radius 1 is 0.821 bits per heavy atom. The summed E-state index contributed by atoms with van der Waals surface area (Å²) in [5.74, 6) is -2.68. The van der Waals surface area contributed by atoms with Crippen LogP contribution < -0.4 is 21.7 Å². The maximum absolute atomic E-state index is 12.2. The second-order valence-electron chi connectivity index (χ2n) is 5.90. The highest BCUT2D eigenvalue weighted by Gasteiger charge is 2.22. The fraction of sp³-hybridized carbons (Fsp3) is 0.706. The summed E-state index contributed by atoms with van der Waals surface area (Å²) in [5, 5.41) is 7.25. The molecule has 0 radical (unpaired) electrons. The van der Waals surface area contributed by atoms with Crippen LogP contribution in [0.5, 0.6) is 0 Å². The Kier molecular flexibility index (Phi) is 13.9. The molecule has 0 aliphatic heterocycles. The zero-order valence-corrected chi connectivity index (χ0v) is 16.4. The maximum atomic E-state index is 12.2. The third-order valence-electron chi connectivity index (χ3n) is 3.71. The Balaban J connectivity index is 4.62. The molecule has 0 spiro atoms. The van der Waals surface area contributed by atoms with Gasteiger partial charge in [0, 0.05) is 12.8 Å². The standard InChI is InChI=1S/C17H30N4O7/c1-27-15(24)10-19-13(22)8-7-12(17(26)20-11-16(25)28-2)21-14(23)6-4-3-5-9-18/h12H,3-11,18H2,1-2H3,(H,19,22)(H,20,26)(H,21,23). The zero-order chi connectivity index (χ0) is 21.4. The van der Waals surface area contributed by atoms with Gasteiger partial charge < -0.3 is 31.2 Å². The average Bonchev–Trinajstić information content (AvgIpc) is 2.70. The summed E-state index contributed by atoms with van der Waals surface area (Å²) in [6.45, 7) is -0.102. The van der Waals surface area contributed by atoms with Crippen molar-refractivity contribution in [2.75, 3.05) is 33.9 Å². The van der Waals surface area contributed by atoms with Gasteiger partial charge in [-0.1, -0.05) is 6.42 Å². The quantitative estimate of drug-likeness (QED) is 0.198. The van der Waals surface area contributed by atoms with E-state index in [4.69, 9.17) is 5.73 Å². The van der Waals surface area contributed by atoms with Crippen LogP contribution in [0.4, 0.5) is 0 Å². The van der Waals surface area contributed by atoms with E-state index < -0.39 is 29.8 Å². The van der Waals surface area contributed by atoms with E-state index in [-0.39, 0.29) is 38.3 Å². The topological polar surface area (TPSA) is 166 Å². The number of carbonyl (C=O) groups is 5. The van der Waals surface area contributed by atoms with Crippen molar-refractivity contribution in [3.8, 4) is 0 Å². The predicted molar refractivity (Wildman–Crippen MR) is 98.7 cm³/mol. The van der Waals surface area contributed by atoms with E-state index in [0.717, 1.165) is 12.8 Å². The van der Waals surface area contributed by atoms with Crippen LogP contribution in [0.1, 0.15) is 38.5 Å². The van der Waals surface area contributed by atoms with E-state index in [9.17, 15) is 24.0 Å². The number of unbranched alkanes of at least 4 members (excludes halogenated alkanes) is 2. The summed E-state index contributed by atoms with van der Waals surface area (Å²) in [6.07, 6.45) is 2.32. The van der Waals surface area contributed by atoms with Gasteiger partial charge in [-0.2, -0.15) is 0 Å². The second-order valence-corrected chi connectivity index (χ2v) is 5.90. The molecule has 28 heavy (non-hydrogen) atoms. The highest BCUT2D eigenvalue weighted by Crippen LogP contribution is 2.03. The molecule has 0 heterocycles. The number of nitrogens with one attached hydrogen (secondary N) is 3. The van der Waals surface area contributed by atoms with E-state index in [1.54, 1.807) is 0 Å². The molecule has 0 bridgehead atoms. The molecule has 11 heteroatoms. The number of carbonyl (C=O) groups excluding carboxylic acids is 5. The molecular formula is C17H30N4O7. The SMILES string of the molecule is COC(=O)CNC(=O)CCC(NC(=O)CCCCCN)C(=O)NCC(=O)OC. The van der Waals surface area contributed by atoms with Crippen molar-refractivity contribution in [2.24, 2.45) is 5.73 Å². The number of rotatable bonds is 14. The van der Waals surface area contributed by atoms with Gasteiger partial charge in [0.05, 0.1) is 14.2 Å². The van der Waals surface area contributed by atoms with Gasteiger partial charge >= 0.3 is 11.9 Å². The van der Waals surface area contributed by atoms with Gasteiger partial charge in [0.15, 0.2) is 0 Å². The molecule has 0 rings (SSSR count). The third-order valence-corrected chi connectivity index (χ3v) is 3.71. The van der Waals surface area contributed by atoms with Gasteiger partial charge in [-0.05, 0) is 25.8 Å². The number of nitrogens with two attached hydrogens (primary N) is 1. The molecule has 0 saturated heterocycles. The lowest BCUT2D eigenvalue weighted by Gasteiger charge is -2.18. The van der Waals surface area contributed by atoms with Crippen molar-refractivity contribution < 1.29 is 33.4 Å². The molecule has 0 aromatic rings. The Labute approximate surface area is 164 Å². The first-order chi connectivity index (χ1) is 13.3. The first-order valence-electron chi connectivity index (χ1n) is 9.01. The van der Waals surface area contributed by atoms with E-state index >= 15 is 0 Å².